The molecule has 98 valence electrons. The van der Waals surface area contributed by atoms with E-state index in [4.69, 9.17) is 11.6 Å². The molecule has 0 radical (unpaired) electrons. The van der Waals surface area contributed by atoms with Crippen LogP contribution in [0.5, 0.6) is 0 Å². The van der Waals surface area contributed by atoms with Crippen LogP contribution >= 0.6 is 27.5 Å². The van der Waals surface area contributed by atoms with Gasteiger partial charge in [0.25, 0.3) is 0 Å². The quantitative estimate of drug-likeness (QED) is 0.708. The van der Waals surface area contributed by atoms with Gasteiger partial charge in [0.2, 0.25) is 0 Å². The van der Waals surface area contributed by atoms with Crippen LogP contribution < -0.4 is 0 Å². The van der Waals surface area contributed by atoms with Gasteiger partial charge in [-0.3, -0.25) is 4.79 Å². The fourth-order valence-electron chi connectivity index (χ4n) is 1.91. The molecule has 2 aromatic carbocycles. The number of carbonyl (C=O) groups is 1. The van der Waals surface area contributed by atoms with Gasteiger partial charge >= 0.3 is 0 Å². The molecular weight excluding hydrogens is 324 g/mol. The Bertz CT molecular complexity index is 635. The molecule has 3 heteroatoms. The van der Waals surface area contributed by atoms with Crippen LogP contribution in [0.1, 0.15) is 27.0 Å². The summed E-state index contributed by atoms with van der Waals surface area (Å²) in [4.78, 5) is 12.3. The van der Waals surface area contributed by atoms with Crippen molar-refractivity contribution in [2.24, 2.45) is 0 Å². The zero-order valence-electron chi connectivity index (χ0n) is 10.8. The van der Waals surface area contributed by atoms with Crippen LogP contribution in [0.3, 0.4) is 0 Å². The standard InChI is InChI=1S/C16H14BrClO/c1-10-3-4-12(7-11(10)2)8-16(19)14-9-13(17)5-6-15(14)18/h3-7,9H,8H2,1-2H3. The molecule has 2 rings (SSSR count). The molecule has 0 spiro atoms. The van der Waals surface area contributed by atoms with Crippen molar-refractivity contribution in [1.29, 1.82) is 0 Å². The van der Waals surface area contributed by atoms with Crippen molar-refractivity contribution in [2.75, 3.05) is 0 Å². The van der Waals surface area contributed by atoms with Crippen molar-refractivity contribution >= 4 is 33.3 Å². The Morgan fingerprint density at radius 3 is 2.53 bits per heavy atom. The molecule has 0 aliphatic rings. The predicted octanol–water partition coefficient (Wildman–Crippen LogP) is 5.14. The van der Waals surface area contributed by atoms with Crippen LogP contribution in [0, 0.1) is 13.8 Å². The summed E-state index contributed by atoms with van der Waals surface area (Å²) in [6.45, 7) is 4.11. The molecule has 2 aromatic rings. The molecule has 0 aromatic heterocycles. The highest BCUT2D eigenvalue weighted by molar-refractivity contribution is 9.10. The molecule has 0 N–H and O–H groups in total. The number of rotatable bonds is 3. The number of hydrogen-bond donors (Lipinski definition) is 0. The molecule has 19 heavy (non-hydrogen) atoms. The minimum absolute atomic E-state index is 0.0366. The van der Waals surface area contributed by atoms with Gasteiger partial charge in [0.1, 0.15) is 0 Å². The van der Waals surface area contributed by atoms with Crippen molar-refractivity contribution in [1.82, 2.24) is 0 Å². The lowest BCUT2D eigenvalue weighted by Gasteiger charge is -2.07. The first-order valence-electron chi connectivity index (χ1n) is 6.02. The van der Waals surface area contributed by atoms with Gasteiger partial charge in [-0.2, -0.15) is 0 Å². The number of carbonyl (C=O) groups excluding carboxylic acids is 1. The molecule has 0 fully saturated rings. The van der Waals surface area contributed by atoms with Crippen LogP contribution in [0.2, 0.25) is 5.02 Å². The Morgan fingerprint density at radius 2 is 1.84 bits per heavy atom. The Balaban J connectivity index is 2.25. The second kappa shape index (κ2) is 5.89. The highest BCUT2D eigenvalue weighted by atomic mass is 79.9. The van der Waals surface area contributed by atoms with Crippen LogP contribution in [-0.2, 0) is 6.42 Å². The van der Waals surface area contributed by atoms with E-state index >= 15 is 0 Å². The number of halogens is 2. The van der Waals surface area contributed by atoms with Crippen molar-refractivity contribution in [3.8, 4) is 0 Å². The van der Waals surface area contributed by atoms with Gasteiger partial charge in [-0.15, -0.1) is 0 Å². The monoisotopic (exact) mass is 336 g/mol. The number of hydrogen-bond acceptors (Lipinski definition) is 1. The minimum atomic E-state index is 0.0366. The van der Waals surface area contributed by atoms with E-state index in [2.05, 4.69) is 35.8 Å². The lowest BCUT2D eigenvalue weighted by molar-refractivity contribution is 0.0993. The topological polar surface area (TPSA) is 17.1 Å². The summed E-state index contributed by atoms with van der Waals surface area (Å²) in [6.07, 6.45) is 0.372. The third kappa shape index (κ3) is 3.46. The Hall–Kier alpha value is -1.12. The first kappa shape index (κ1) is 14.3. The van der Waals surface area contributed by atoms with Crippen molar-refractivity contribution < 1.29 is 4.79 Å². The second-order valence-corrected chi connectivity index (χ2v) is 5.97. The summed E-state index contributed by atoms with van der Waals surface area (Å²) in [5.74, 6) is 0.0366. The molecular formula is C16H14BrClO. The molecule has 1 nitrogen and oxygen atoms in total. The third-order valence-electron chi connectivity index (χ3n) is 3.16. The molecule has 0 atom stereocenters. The summed E-state index contributed by atoms with van der Waals surface area (Å²) < 4.78 is 0.861. The van der Waals surface area contributed by atoms with E-state index in [1.165, 1.54) is 11.1 Å². The van der Waals surface area contributed by atoms with E-state index in [9.17, 15) is 4.79 Å². The van der Waals surface area contributed by atoms with E-state index in [0.29, 0.717) is 17.0 Å². The maximum atomic E-state index is 12.3. The van der Waals surface area contributed by atoms with E-state index in [0.717, 1.165) is 10.0 Å². The summed E-state index contributed by atoms with van der Waals surface area (Å²) >= 11 is 9.43. The number of aryl methyl sites for hydroxylation is 2. The highest BCUT2D eigenvalue weighted by Gasteiger charge is 2.12. The average Bonchev–Trinajstić information content (AvgIpc) is 2.36. The van der Waals surface area contributed by atoms with Crippen LogP contribution in [0.15, 0.2) is 40.9 Å². The Labute approximate surface area is 126 Å². The van der Waals surface area contributed by atoms with E-state index in [1.54, 1.807) is 12.1 Å². The third-order valence-corrected chi connectivity index (χ3v) is 3.99. The summed E-state index contributed by atoms with van der Waals surface area (Å²) in [7, 11) is 0. The lowest BCUT2D eigenvalue weighted by Crippen LogP contribution is -2.05. The fraction of sp³-hybridized carbons (Fsp3) is 0.188. The Kier molecular flexibility index (Phi) is 4.43. The van der Waals surface area contributed by atoms with Crippen molar-refractivity contribution in [3.05, 3.63) is 68.1 Å². The summed E-state index contributed by atoms with van der Waals surface area (Å²) in [6, 6.07) is 11.4. The lowest BCUT2D eigenvalue weighted by atomic mass is 9.99. The first-order valence-corrected chi connectivity index (χ1v) is 7.19. The zero-order valence-corrected chi connectivity index (χ0v) is 13.2. The van der Waals surface area contributed by atoms with Gasteiger partial charge in [0.05, 0.1) is 5.02 Å². The van der Waals surface area contributed by atoms with Crippen molar-refractivity contribution in [2.45, 2.75) is 20.3 Å². The van der Waals surface area contributed by atoms with Crippen LogP contribution in [-0.4, -0.2) is 5.78 Å². The number of Topliss-reactive ketones (excluding diaryl/α,β-unsaturated/α-hetero) is 1. The molecule has 0 unspecified atom stereocenters. The largest absolute Gasteiger partial charge is 0.294 e. The van der Waals surface area contributed by atoms with Crippen LogP contribution in [0.4, 0.5) is 0 Å². The molecule has 0 heterocycles. The van der Waals surface area contributed by atoms with Gasteiger partial charge in [-0.05, 0) is 48.7 Å². The van der Waals surface area contributed by atoms with Gasteiger partial charge in [-0.25, -0.2) is 0 Å². The SMILES string of the molecule is Cc1ccc(CC(=O)c2cc(Br)ccc2Cl)cc1C. The smallest absolute Gasteiger partial charge is 0.168 e. The number of ketones is 1. The van der Waals surface area contributed by atoms with Gasteiger partial charge in [-0.1, -0.05) is 45.7 Å². The fourth-order valence-corrected chi connectivity index (χ4v) is 2.49. The van der Waals surface area contributed by atoms with Gasteiger partial charge in [0, 0.05) is 16.5 Å². The Morgan fingerprint density at radius 1 is 1.11 bits per heavy atom. The average molecular weight is 338 g/mol. The predicted molar refractivity (Wildman–Crippen MR) is 83.1 cm³/mol. The van der Waals surface area contributed by atoms with Gasteiger partial charge in [0.15, 0.2) is 5.78 Å². The van der Waals surface area contributed by atoms with E-state index in [1.807, 2.05) is 18.2 Å². The summed E-state index contributed by atoms with van der Waals surface area (Å²) in [5.41, 5.74) is 4.01. The normalized spacial score (nSPS) is 10.5. The van der Waals surface area contributed by atoms with Crippen LogP contribution in [0.25, 0.3) is 0 Å². The molecule has 0 bridgehead atoms. The first-order chi connectivity index (χ1) is 8.97. The maximum Gasteiger partial charge on any atom is 0.168 e. The number of benzene rings is 2. The minimum Gasteiger partial charge on any atom is -0.294 e. The maximum absolute atomic E-state index is 12.3. The molecule has 0 aliphatic heterocycles. The molecule has 0 aliphatic carbocycles. The molecule has 0 saturated carbocycles. The zero-order chi connectivity index (χ0) is 14.0. The van der Waals surface area contributed by atoms with Crippen molar-refractivity contribution in [3.63, 3.8) is 0 Å². The van der Waals surface area contributed by atoms with E-state index in [-0.39, 0.29) is 5.78 Å². The second-order valence-electron chi connectivity index (χ2n) is 4.64. The highest BCUT2D eigenvalue weighted by Crippen LogP contribution is 2.23. The summed E-state index contributed by atoms with van der Waals surface area (Å²) in [5, 5.41) is 0.497. The molecule has 0 amide bonds. The van der Waals surface area contributed by atoms with E-state index < -0.39 is 0 Å². The van der Waals surface area contributed by atoms with Gasteiger partial charge < -0.3 is 0 Å². The molecule has 0 saturated heterocycles.